The van der Waals surface area contributed by atoms with Crippen molar-refractivity contribution >= 4 is 40.7 Å². The molecule has 192 valence electrons. The minimum Gasteiger partial charge on any atom is -0.497 e. The van der Waals surface area contributed by atoms with E-state index in [1.165, 1.54) is 0 Å². The van der Waals surface area contributed by atoms with E-state index in [1.54, 1.807) is 37.4 Å². The molecule has 1 saturated heterocycles. The number of carbonyl (C=O) groups excluding carboxylic acids is 3. The highest BCUT2D eigenvalue weighted by Crippen LogP contribution is 2.61. The van der Waals surface area contributed by atoms with Crippen molar-refractivity contribution in [2.24, 2.45) is 10.8 Å². The number of benzene rings is 3. The van der Waals surface area contributed by atoms with Crippen LogP contribution in [0.1, 0.15) is 58.5 Å². The fourth-order valence-corrected chi connectivity index (χ4v) is 6.76. The molecule has 0 N–H and O–H groups in total. The zero-order chi connectivity index (χ0) is 27.0. The largest absolute Gasteiger partial charge is 0.497 e. The first-order valence-electron chi connectivity index (χ1n) is 12.7. The van der Waals surface area contributed by atoms with Crippen LogP contribution in [0, 0.1) is 10.8 Å². The van der Waals surface area contributed by atoms with Gasteiger partial charge in [-0.25, -0.2) is 0 Å². The number of hydrogen-bond acceptors (Lipinski definition) is 5. The summed E-state index contributed by atoms with van der Waals surface area (Å²) in [6.45, 7) is 5.65. The Morgan fingerprint density at radius 1 is 0.947 bits per heavy atom. The van der Waals surface area contributed by atoms with Crippen molar-refractivity contribution in [3.05, 3.63) is 100 Å². The van der Waals surface area contributed by atoms with E-state index in [-0.39, 0.29) is 17.3 Å². The molecule has 1 aliphatic carbocycles. The number of ketones is 3. The van der Waals surface area contributed by atoms with Crippen molar-refractivity contribution in [2.45, 2.75) is 38.8 Å². The van der Waals surface area contributed by atoms with E-state index in [1.807, 2.05) is 74.2 Å². The Kier molecular flexibility index (Phi) is 5.45. The van der Waals surface area contributed by atoms with Crippen LogP contribution in [0.5, 0.6) is 5.75 Å². The summed E-state index contributed by atoms with van der Waals surface area (Å²) in [5, 5.41) is 0.576. The van der Waals surface area contributed by atoms with Gasteiger partial charge in [0, 0.05) is 33.2 Å². The number of anilines is 1. The Hall–Kier alpha value is -3.70. The van der Waals surface area contributed by atoms with Crippen LogP contribution in [0.2, 0.25) is 5.02 Å². The van der Waals surface area contributed by atoms with Crippen molar-refractivity contribution in [2.75, 3.05) is 12.0 Å². The minimum atomic E-state index is -1.50. The second kappa shape index (κ2) is 8.40. The third-order valence-corrected chi connectivity index (χ3v) is 8.48. The second-order valence-corrected chi connectivity index (χ2v) is 11.7. The van der Waals surface area contributed by atoms with Gasteiger partial charge in [0.2, 0.25) is 0 Å². The van der Waals surface area contributed by atoms with E-state index >= 15 is 0 Å². The molecule has 2 heterocycles. The summed E-state index contributed by atoms with van der Waals surface area (Å²) in [5.74, 6) is -0.568. The number of fused-ring (bicyclic) bond motifs is 5. The second-order valence-electron chi connectivity index (χ2n) is 11.3. The summed E-state index contributed by atoms with van der Waals surface area (Å²) in [5.41, 5.74) is 0.985. The molecular weight excluding hydrogens is 498 g/mol. The summed E-state index contributed by atoms with van der Waals surface area (Å²) in [4.78, 5) is 45.5. The van der Waals surface area contributed by atoms with Gasteiger partial charge < -0.3 is 9.64 Å². The number of Topliss-reactive ketones (excluding diaryl/α,β-unsaturated/α-hetero) is 3. The molecule has 0 aromatic heterocycles. The first kappa shape index (κ1) is 24.6. The summed E-state index contributed by atoms with van der Waals surface area (Å²) in [6, 6.07) is 18.5. The number of carbonyl (C=O) groups is 3. The van der Waals surface area contributed by atoms with Crippen molar-refractivity contribution in [3.8, 4) is 5.75 Å². The van der Waals surface area contributed by atoms with Crippen molar-refractivity contribution in [1.29, 1.82) is 0 Å². The van der Waals surface area contributed by atoms with Gasteiger partial charge in [-0.3, -0.25) is 14.4 Å². The normalized spacial score (nSPS) is 22.9. The minimum absolute atomic E-state index is 0.0343. The smallest absolute Gasteiger partial charge is 0.180 e. The number of halogens is 1. The quantitative estimate of drug-likeness (QED) is 0.370. The van der Waals surface area contributed by atoms with E-state index in [0.717, 1.165) is 16.8 Å². The molecule has 2 aliphatic heterocycles. The van der Waals surface area contributed by atoms with Crippen molar-refractivity contribution < 1.29 is 19.1 Å². The number of rotatable bonds is 3. The van der Waals surface area contributed by atoms with Crippen LogP contribution >= 0.6 is 11.6 Å². The molecule has 6 rings (SSSR count). The van der Waals surface area contributed by atoms with Gasteiger partial charge in [-0.15, -0.1) is 0 Å². The fourth-order valence-electron chi connectivity index (χ4n) is 6.58. The molecular formula is C32H28ClNO4. The molecule has 6 heteroatoms. The highest BCUT2D eigenvalue weighted by atomic mass is 35.5. The maximum Gasteiger partial charge on any atom is 0.180 e. The molecule has 3 aromatic rings. The van der Waals surface area contributed by atoms with Gasteiger partial charge in [0.25, 0.3) is 0 Å². The lowest BCUT2D eigenvalue weighted by molar-refractivity contribution is -0.127. The summed E-state index contributed by atoms with van der Waals surface area (Å²) in [6.07, 6.45) is 3.83. The fraction of sp³-hybridized carbons (Fsp3) is 0.281. The summed E-state index contributed by atoms with van der Waals surface area (Å²) < 4.78 is 5.39. The number of methoxy groups -OCH3 is 1. The highest BCUT2D eigenvalue weighted by molar-refractivity contribution is 6.32. The monoisotopic (exact) mass is 525 g/mol. The number of nitrogens with zero attached hydrogens (tertiary/aromatic N) is 1. The molecule has 1 spiro atoms. The van der Waals surface area contributed by atoms with Gasteiger partial charge in [0.1, 0.15) is 11.2 Å². The van der Waals surface area contributed by atoms with E-state index < -0.39 is 28.8 Å². The molecule has 1 fully saturated rings. The third-order valence-electron chi connectivity index (χ3n) is 8.25. The lowest BCUT2D eigenvalue weighted by Gasteiger charge is -2.38. The average Bonchev–Trinajstić information content (AvgIpc) is 3.33. The van der Waals surface area contributed by atoms with Gasteiger partial charge in [-0.1, -0.05) is 80.9 Å². The van der Waals surface area contributed by atoms with Gasteiger partial charge in [-0.2, -0.15) is 0 Å². The molecule has 3 atom stereocenters. The van der Waals surface area contributed by atoms with Crippen molar-refractivity contribution in [3.63, 3.8) is 0 Å². The predicted molar refractivity (Wildman–Crippen MR) is 148 cm³/mol. The predicted octanol–water partition coefficient (Wildman–Crippen LogP) is 6.40. The van der Waals surface area contributed by atoms with Gasteiger partial charge in [0.15, 0.2) is 17.3 Å². The molecule has 0 bridgehead atoms. The van der Waals surface area contributed by atoms with E-state index in [2.05, 4.69) is 0 Å². The molecule has 3 aliphatic rings. The first-order chi connectivity index (χ1) is 18.1. The zero-order valence-corrected chi connectivity index (χ0v) is 22.5. The molecule has 5 nitrogen and oxygen atoms in total. The van der Waals surface area contributed by atoms with E-state index in [0.29, 0.717) is 21.9 Å². The van der Waals surface area contributed by atoms with Crippen LogP contribution in [-0.2, 0) is 4.79 Å². The number of hydrogen-bond donors (Lipinski definition) is 0. The van der Waals surface area contributed by atoms with Gasteiger partial charge in [-0.05, 0) is 41.5 Å². The summed E-state index contributed by atoms with van der Waals surface area (Å²) in [7, 11) is 1.59. The van der Waals surface area contributed by atoms with E-state index in [4.69, 9.17) is 16.3 Å². The highest BCUT2D eigenvalue weighted by Gasteiger charge is 2.71. The number of ether oxygens (including phenoxy) is 1. The molecule has 0 saturated carbocycles. The topological polar surface area (TPSA) is 63.7 Å². The Balaban J connectivity index is 1.69. The van der Waals surface area contributed by atoms with Crippen molar-refractivity contribution in [1.82, 2.24) is 0 Å². The molecule has 0 radical (unpaired) electrons. The Morgan fingerprint density at radius 2 is 1.58 bits per heavy atom. The molecule has 3 unspecified atom stereocenters. The lowest BCUT2D eigenvalue weighted by atomic mass is 9.63. The van der Waals surface area contributed by atoms with Gasteiger partial charge in [0.05, 0.1) is 19.2 Å². The summed E-state index contributed by atoms with van der Waals surface area (Å²) >= 11 is 6.33. The average molecular weight is 526 g/mol. The third kappa shape index (κ3) is 3.21. The van der Waals surface area contributed by atoms with Crippen LogP contribution in [0.15, 0.2) is 72.8 Å². The lowest BCUT2D eigenvalue weighted by Crippen LogP contribution is -2.49. The Bertz CT molecular complexity index is 1500. The molecule has 38 heavy (non-hydrogen) atoms. The maximum atomic E-state index is 14.5. The van der Waals surface area contributed by atoms with Crippen LogP contribution in [0.3, 0.4) is 0 Å². The maximum absolute atomic E-state index is 14.5. The first-order valence-corrected chi connectivity index (χ1v) is 13.1. The molecule has 0 amide bonds. The van der Waals surface area contributed by atoms with Crippen LogP contribution < -0.4 is 9.64 Å². The van der Waals surface area contributed by atoms with Gasteiger partial charge >= 0.3 is 0 Å². The van der Waals surface area contributed by atoms with Crippen LogP contribution in [0.25, 0.3) is 6.08 Å². The van der Waals surface area contributed by atoms with Crippen LogP contribution in [0.4, 0.5) is 5.69 Å². The SMILES string of the molecule is COc1ccc(C2C(C(=O)C(C)(C)C)N3c4ccc(Cl)cc4C=CC3C23C(=O)c2ccccc2C3=O)cc1. The van der Waals surface area contributed by atoms with Crippen LogP contribution in [-0.4, -0.2) is 36.5 Å². The standard InChI is InChI=1S/C32H28ClNO4/c1-31(2,3)30(37)27-26(18-9-13-21(38-4)14-10-18)32(28(35)22-7-5-6-8-23(22)29(32)36)25-16-11-19-17-20(33)12-15-24(19)34(25)27/h5-17,25-27H,1-4H3. The molecule has 3 aromatic carbocycles. The Labute approximate surface area is 227 Å². The zero-order valence-electron chi connectivity index (χ0n) is 21.7. The Morgan fingerprint density at radius 3 is 2.16 bits per heavy atom. The van der Waals surface area contributed by atoms with E-state index in [9.17, 15) is 14.4 Å².